The van der Waals surface area contributed by atoms with Gasteiger partial charge in [-0.25, -0.2) is 13.2 Å². The van der Waals surface area contributed by atoms with Gasteiger partial charge in [-0.2, -0.15) is 13.2 Å². The zero-order valence-electron chi connectivity index (χ0n) is 21.4. The summed E-state index contributed by atoms with van der Waals surface area (Å²) in [5.41, 5.74) is -0.800. The number of unbranched alkanes of at least 4 members (excludes halogenated alkanes) is 4. The van der Waals surface area contributed by atoms with Crippen LogP contribution in [0.25, 0.3) is 10.8 Å². The molecular formula is C30H32F6O2. The van der Waals surface area contributed by atoms with E-state index < -0.39 is 35.5 Å². The molecule has 1 saturated heterocycles. The fraction of sp³-hybridized carbons (Fsp3) is 0.467. The summed E-state index contributed by atoms with van der Waals surface area (Å²) >= 11 is 0. The monoisotopic (exact) mass is 538 g/mol. The summed E-state index contributed by atoms with van der Waals surface area (Å²) in [7, 11) is 0. The molecule has 8 heteroatoms. The molecule has 0 bridgehead atoms. The topological polar surface area (TPSA) is 18.5 Å². The number of ether oxygens (including phenoxy) is 2. The van der Waals surface area contributed by atoms with Crippen molar-refractivity contribution in [3.63, 3.8) is 0 Å². The quantitative estimate of drug-likeness (QED) is 0.189. The van der Waals surface area contributed by atoms with E-state index in [4.69, 9.17) is 9.47 Å². The second-order valence-electron chi connectivity index (χ2n) is 10.0. The molecule has 1 fully saturated rings. The van der Waals surface area contributed by atoms with Crippen LogP contribution in [0.4, 0.5) is 26.3 Å². The van der Waals surface area contributed by atoms with Gasteiger partial charge < -0.3 is 9.47 Å². The first kappa shape index (κ1) is 28.4. The van der Waals surface area contributed by atoms with Crippen molar-refractivity contribution in [2.24, 2.45) is 5.92 Å². The van der Waals surface area contributed by atoms with E-state index in [0.717, 1.165) is 12.0 Å². The van der Waals surface area contributed by atoms with Crippen LogP contribution in [0.2, 0.25) is 0 Å². The predicted octanol–water partition coefficient (Wildman–Crippen LogP) is 9.08. The number of hydrogen-bond acceptors (Lipinski definition) is 2. The van der Waals surface area contributed by atoms with E-state index >= 15 is 4.39 Å². The molecule has 0 saturated carbocycles. The Morgan fingerprint density at radius 3 is 2.16 bits per heavy atom. The number of hydrogen-bond donors (Lipinski definition) is 0. The molecule has 0 unspecified atom stereocenters. The molecule has 206 valence electrons. The lowest BCUT2D eigenvalue weighted by Gasteiger charge is -2.30. The smallest absolute Gasteiger partial charge is 0.348 e. The lowest BCUT2D eigenvalue weighted by Crippen LogP contribution is -2.27. The molecule has 38 heavy (non-hydrogen) atoms. The maximum atomic E-state index is 15.2. The van der Waals surface area contributed by atoms with Crippen molar-refractivity contribution in [2.75, 3.05) is 13.2 Å². The Morgan fingerprint density at radius 2 is 1.50 bits per heavy atom. The third kappa shape index (κ3) is 6.89. The van der Waals surface area contributed by atoms with Gasteiger partial charge in [-0.3, -0.25) is 0 Å². The highest BCUT2D eigenvalue weighted by atomic mass is 19.4. The SMILES string of the molecule is CCCCCCCC1COC(c2ccc3c(F)c(CCc4cc(F)c(C(F)(F)F)c(F)c4)ccc3c2)OC1. The molecule has 0 aliphatic carbocycles. The van der Waals surface area contributed by atoms with E-state index in [2.05, 4.69) is 6.92 Å². The minimum atomic E-state index is -5.13. The van der Waals surface area contributed by atoms with Gasteiger partial charge in [-0.05, 0) is 54.0 Å². The van der Waals surface area contributed by atoms with Gasteiger partial charge >= 0.3 is 6.18 Å². The summed E-state index contributed by atoms with van der Waals surface area (Å²) in [4.78, 5) is 0. The van der Waals surface area contributed by atoms with Crippen molar-refractivity contribution in [1.82, 2.24) is 0 Å². The third-order valence-electron chi connectivity index (χ3n) is 7.08. The van der Waals surface area contributed by atoms with Gasteiger partial charge in [0, 0.05) is 16.9 Å². The Labute approximate surface area is 218 Å². The second kappa shape index (κ2) is 12.5. The van der Waals surface area contributed by atoms with E-state index in [1.54, 1.807) is 24.3 Å². The number of fused-ring (bicyclic) bond motifs is 1. The molecule has 0 spiro atoms. The summed E-state index contributed by atoms with van der Waals surface area (Å²) in [6.45, 7) is 3.44. The molecule has 0 N–H and O–H groups in total. The van der Waals surface area contributed by atoms with Gasteiger partial charge in [0.05, 0.1) is 13.2 Å². The fourth-order valence-electron chi connectivity index (χ4n) is 4.95. The van der Waals surface area contributed by atoms with Gasteiger partial charge in [-0.15, -0.1) is 0 Å². The first-order valence-electron chi connectivity index (χ1n) is 13.2. The minimum Gasteiger partial charge on any atom is -0.348 e. The highest BCUT2D eigenvalue weighted by Gasteiger charge is 2.37. The average molecular weight is 539 g/mol. The van der Waals surface area contributed by atoms with Crippen molar-refractivity contribution in [1.29, 1.82) is 0 Å². The van der Waals surface area contributed by atoms with Crippen molar-refractivity contribution >= 4 is 10.8 Å². The zero-order chi connectivity index (χ0) is 27.3. The molecule has 0 radical (unpaired) electrons. The first-order chi connectivity index (χ1) is 18.2. The summed E-state index contributed by atoms with van der Waals surface area (Å²) in [6.07, 6.45) is 1.64. The highest BCUT2D eigenvalue weighted by Crippen LogP contribution is 2.35. The predicted molar refractivity (Wildman–Crippen MR) is 134 cm³/mol. The lowest BCUT2D eigenvalue weighted by atomic mass is 9.98. The number of alkyl halides is 3. The van der Waals surface area contributed by atoms with Gasteiger partial charge in [0.1, 0.15) is 23.0 Å². The maximum Gasteiger partial charge on any atom is 0.422 e. The zero-order valence-corrected chi connectivity index (χ0v) is 21.4. The van der Waals surface area contributed by atoms with Crippen molar-refractivity contribution in [2.45, 2.75) is 70.8 Å². The van der Waals surface area contributed by atoms with Crippen molar-refractivity contribution < 1.29 is 35.8 Å². The molecule has 1 aliphatic heterocycles. The highest BCUT2D eigenvalue weighted by molar-refractivity contribution is 5.84. The second-order valence-corrected chi connectivity index (χ2v) is 10.0. The number of benzene rings is 3. The first-order valence-corrected chi connectivity index (χ1v) is 13.2. The normalized spacial score (nSPS) is 18.3. The Bertz CT molecular complexity index is 1210. The summed E-state index contributed by atoms with van der Waals surface area (Å²) in [5, 5.41) is 1.03. The lowest BCUT2D eigenvalue weighted by molar-refractivity contribution is -0.206. The van der Waals surface area contributed by atoms with Crippen molar-refractivity contribution in [3.05, 3.63) is 82.2 Å². The Balaban J connectivity index is 1.37. The van der Waals surface area contributed by atoms with Crippen molar-refractivity contribution in [3.8, 4) is 0 Å². The van der Waals surface area contributed by atoms with Gasteiger partial charge in [0.2, 0.25) is 0 Å². The molecule has 0 aromatic heterocycles. The molecule has 3 aromatic carbocycles. The third-order valence-corrected chi connectivity index (χ3v) is 7.08. The molecule has 1 heterocycles. The maximum absolute atomic E-state index is 15.2. The van der Waals surface area contributed by atoms with Crippen LogP contribution in [0.5, 0.6) is 0 Å². The molecule has 0 amide bonds. The van der Waals surface area contributed by atoms with Crippen LogP contribution in [0.3, 0.4) is 0 Å². The molecular weight excluding hydrogens is 506 g/mol. The van der Waals surface area contributed by atoms with Crippen LogP contribution >= 0.6 is 0 Å². The molecule has 3 aromatic rings. The summed E-state index contributed by atoms with van der Waals surface area (Å²) in [6, 6.07) is 9.84. The number of halogens is 6. The van der Waals surface area contributed by atoms with E-state index in [1.165, 1.54) is 32.1 Å². The Morgan fingerprint density at radius 1 is 0.816 bits per heavy atom. The van der Waals surface area contributed by atoms with Crippen LogP contribution in [0, 0.1) is 23.4 Å². The largest absolute Gasteiger partial charge is 0.422 e. The van der Waals surface area contributed by atoms with Crippen LogP contribution in [-0.4, -0.2) is 13.2 Å². The molecule has 4 rings (SSSR count). The fourth-order valence-corrected chi connectivity index (χ4v) is 4.95. The summed E-state index contributed by atoms with van der Waals surface area (Å²) in [5.74, 6) is -3.45. The van der Waals surface area contributed by atoms with Gasteiger partial charge in [-0.1, -0.05) is 63.3 Å². The van der Waals surface area contributed by atoms with E-state index in [9.17, 15) is 22.0 Å². The van der Waals surface area contributed by atoms with Crippen LogP contribution in [-0.2, 0) is 28.5 Å². The van der Waals surface area contributed by atoms with Gasteiger partial charge in [0.25, 0.3) is 0 Å². The van der Waals surface area contributed by atoms with Gasteiger partial charge in [0.15, 0.2) is 6.29 Å². The Kier molecular flexibility index (Phi) is 9.36. The molecule has 0 atom stereocenters. The van der Waals surface area contributed by atoms with Crippen LogP contribution in [0.15, 0.2) is 42.5 Å². The average Bonchev–Trinajstić information content (AvgIpc) is 2.87. The minimum absolute atomic E-state index is 0.0178. The van der Waals surface area contributed by atoms with E-state index in [1.807, 2.05) is 6.07 Å². The number of aryl methyl sites for hydroxylation is 2. The van der Waals surface area contributed by atoms with E-state index in [0.29, 0.717) is 47.6 Å². The molecule has 1 aliphatic rings. The van der Waals surface area contributed by atoms with Crippen LogP contribution < -0.4 is 0 Å². The number of rotatable bonds is 10. The summed E-state index contributed by atoms with van der Waals surface area (Å²) < 4.78 is 93.2. The van der Waals surface area contributed by atoms with Crippen LogP contribution in [0.1, 0.15) is 74.0 Å². The molecule has 2 nitrogen and oxygen atoms in total. The standard InChI is InChI=1S/C30H32F6O2/c1-2-3-4-5-6-7-20-17-37-29(38-18-20)23-12-13-24-22(16-23)11-10-21(28(24)33)9-8-19-14-25(31)27(26(32)15-19)30(34,35)36/h10-16,20,29H,2-9,17-18H2,1H3. The van der Waals surface area contributed by atoms with E-state index in [-0.39, 0.29) is 18.4 Å². The Hall–Kier alpha value is -2.58.